The largest absolute Gasteiger partial charge is 0.452 e. The van der Waals surface area contributed by atoms with Gasteiger partial charge in [-0.05, 0) is 19.4 Å². The third-order valence-electron chi connectivity index (χ3n) is 3.04. The maximum Gasteiger partial charge on any atom is 0.340 e. The maximum absolute atomic E-state index is 11.9. The van der Waals surface area contributed by atoms with Gasteiger partial charge in [0.1, 0.15) is 6.04 Å². The first kappa shape index (κ1) is 20.4. The standard InChI is InChI=1S/C15H18ClN3O6/c1-3-6-17-14(21)9(2)18-13(20)8-25-15(22)11-7-10(19(23)24)4-5-12(11)16/h4-5,7,9H,3,6,8H2,1-2H3,(H,17,21)(H,18,20)/t9-/m0/s1. The first-order chi connectivity index (χ1) is 11.8. The lowest BCUT2D eigenvalue weighted by atomic mass is 10.2. The Balaban J connectivity index is 2.59. The number of esters is 1. The van der Waals surface area contributed by atoms with Gasteiger partial charge in [-0.15, -0.1) is 0 Å². The second-order valence-corrected chi connectivity index (χ2v) is 5.48. The molecule has 0 heterocycles. The fraction of sp³-hybridized carbons (Fsp3) is 0.400. The van der Waals surface area contributed by atoms with E-state index in [-0.39, 0.29) is 22.2 Å². The van der Waals surface area contributed by atoms with Crippen LogP contribution in [-0.4, -0.2) is 41.9 Å². The summed E-state index contributed by atoms with van der Waals surface area (Å²) in [4.78, 5) is 45.3. The van der Waals surface area contributed by atoms with Crippen LogP contribution >= 0.6 is 11.6 Å². The molecule has 0 saturated heterocycles. The van der Waals surface area contributed by atoms with Gasteiger partial charge in [0.05, 0.1) is 15.5 Å². The molecular weight excluding hydrogens is 354 g/mol. The second-order valence-electron chi connectivity index (χ2n) is 5.08. The van der Waals surface area contributed by atoms with E-state index < -0.39 is 29.4 Å². The molecule has 0 aromatic heterocycles. The van der Waals surface area contributed by atoms with E-state index in [0.717, 1.165) is 18.6 Å². The summed E-state index contributed by atoms with van der Waals surface area (Å²) >= 11 is 5.81. The van der Waals surface area contributed by atoms with E-state index in [1.807, 2.05) is 6.92 Å². The number of nitro benzene ring substituents is 1. The van der Waals surface area contributed by atoms with Gasteiger partial charge in [0.15, 0.2) is 6.61 Å². The van der Waals surface area contributed by atoms with Gasteiger partial charge in [0.25, 0.3) is 11.6 Å². The third kappa shape index (κ3) is 6.38. The van der Waals surface area contributed by atoms with Crippen molar-refractivity contribution in [3.05, 3.63) is 38.9 Å². The molecule has 136 valence electrons. The van der Waals surface area contributed by atoms with Gasteiger partial charge < -0.3 is 15.4 Å². The average molecular weight is 372 g/mol. The monoisotopic (exact) mass is 371 g/mol. The van der Waals surface area contributed by atoms with Crippen LogP contribution in [0.2, 0.25) is 5.02 Å². The minimum Gasteiger partial charge on any atom is -0.452 e. The molecule has 0 bridgehead atoms. The van der Waals surface area contributed by atoms with Crippen molar-refractivity contribution in [1.29, 1.82) is 0 Å². The smallest absolute Gasteiger partial charge is 0.340 e. The summed E-state index contributed by atoms with van der Waals surface area (Å²) in [5.41, 5.74) is -0.556. The molecule has 2 N–H and O–H groups in total. The number of nitrogens with zero attached hydrogens (tertiary/aromatic N) is 1. The van der Waals surface area contributed by atoms with Crippen LogP contribution in [0.4, 0.5) is 5.69 Å². The molecule has 1 atom stereocenters. The minimum absolute atomic E-state index is 0.0386. The molecule has 0 unspecified atom stereocenters. The molecule has 1 aromatic rings. The van der Waals surface area contributed by atoms with E-state index in [1.165, 1.54) is 13.0 Å². The number of amides is 2. The average Bonchev–Trinajstić information content (AvgIpc) is 2.57. The normalized spacial score (nSPS) is 11.3. The quantitative estimate of drug-likeness (QED) is 0.404. The van der Waals surface area contributed by atoms with Crippen molar-refractivity contribution in [2.24, 2.45) is 0 Å². The number of rotatable bonds is 8. The summed E-state index contributed by atoms with van der Waals surface area (Å²) in [7, 11) is 0. The summed E-state index contributed by atoms with van der Waals surface area (Å²) in [6.45, 7) is 3.22. The number of non-ortho nitro benzene ring substituents is 1. The van der Waals surface area contributed by atoms with Gasteiger partial charge in [0.2, 0.25) is 5.91 Å². The summed E-state index contributed by atoms with van der Waals surface area (Å²) in [6, 6.07) is 2.50. The Morgan fingerprint density at radius 2 is 2.04 bits per heavy atom. The molecule has 0 spiro atoms. The molecule has 0 radical (unpaired) electrons. The molecule has 25 heavy (non-hydrogen) atoms. The van der Waals surface area contributed by atoms with Gasteiger partial charge in [-0.1, -0.05) is 18.5 Å². The van der Waals surface area contributed by atoms with E-state index >= 15 is 0 Å². The summed E-state index contributed by atoms with van der Waals surface area (Å²) in [5.74, 6) is -2.02. The van der Waals surface area contributed by atoms with Gasteiger partial charge in [-0.3, -0.25) is 19.7 Å². The van der Waals surface area contributed by atoms with Crippen molar-refractivity contribution in [1.82, 2.24) is 10.6 Å². The number of hydrogen-bond donors (Lipinski definition) is 2. The second kappa shape index (κ2) is 9.58. The summed E-state index contributed by atoms with van der Waals surface area (Å²) < 4.78 is 4.78. The van der Waals surface area contributed by atoms with Crippen molar-refractivity contribution in [3.8, 4) is 0 Å². The Bertz CT molecular complexity index is 679. The van der Waals surface area contributed by atoms with Crippen LogP contribution in [0.25, 0.3) is 0 Å². The zero-order valence-corrected chi connectivity index (χ0v) is 14.5. The summed E-state index contributed by atoms with van der Waals surface area (Å²) in [6.07, 6.45) is 0.758. The number of benzene rings is 1. The van der Waals surface area contributed by atoms with Gasteiger partial charge in [-0.2, -0.15) is 0 Å². The maximum atomic E-state index is 11.9. The molecule has 1 rings (SSSR count). The van der Waals surface area contributed by atoms with Crippen molar-refractivity contribution in [2.45, 2.75) is 26.3 Å². The van der Waals surface area contributed by atoms with Crippen LogP contribution in [0.15, 0.2) is 18.2 Å². The lowest BCUT2D eigenvalue weighted by molar-refractivity contribution is -0.384. The molecule has 10 heteroatoms. The van der Waals surface area contributed by atoms with Crippen molar-refractivity contribution in [2.75, 3.05) is 13.2 Å². The number of halogens is 1. The van der Waals surface area contributed by atoms with E-state index in [0.29, 0.717) is 6.54 Å². The molecule has 0 aliphatic rings. The zero-order valence-electron chi connectivity index (χ0n) is 13.7. The molecule has 0 aliphatic heterocycles. The highest BCUT2D eigenvalue weighted by Crippen LogP contribution is 2.22. The molecule has 9 nitrogen and oxygen atoms in total. The Kier molecular flexibility index (Phi) is 7.80. The van der Waals surface area contributed by atoms with E-state index in [9.17, 15) is 24.5 Å². The van der Waals surface area contributed by atoms with E-state index in [2.05, 4.69) is 10.6 Å². The number of ether oxygens (including phenoxy) is 1. The molecule has 0 saturated carbocycles. The third-order valence-corrected chi connectivity index (χ3v) is 3.36. The Morgan fingerprint density at radius 1 is 1.36 bits per heavy atom. The minimum atomic E-state index is -0.980. The predicted octanol–water partition coefficient (Wildman–Crippen LogP) is 1.44. The Morgan fingerprint density at radius 3 is 2.64 bits per heavy atom. The van der Waals surface area contributed by atoms with E-state index in [1.54, 1.807) is 0 Å². The molecular formula is C15H18ClN3O6. The first-order valence-corrected chi connectivity index (χ1v) is 7.82. The highest BCUT2D eigenvalue weighted by Gasteiger charge is 2.19. The zero-order chi connectivity index (χ0) is 19.0. The molecule has 2 amide bonds. The van der Waals surface area contributed by atoms with Crippen molar-refractivity contribution in [3.63, 3.8) is 0 Å². The molecule has 1 aromatic carbocycles. The number of carbonyl (C=O) groups is 3. The lowest BCUT2D eigenvalue weighted by Crippen LogP contribution is -2.46. The van der Waals surface area contributed by atoms with Crippen LogP contribution in [0.5, 0.6) is 0 Å². The highest BCUT2D eigenvalue weighted by molar-refractivity contribution is 6.33. The summed E-state index contributed by atoms with van der Waals surface area (Å²) in [5, 5.41) is 15.7. The fourth-order valence-electron chi connectivity index (χ4n) is 1.74. The highest BCUT2D eigenvalue weighted by atomic mass is 35.5. The first-order valence-electron chi connectivity index (χ1n) is 7.44. The van der Waals surface area contributed by atoms with Gasteiger partial charge >= 0.3 is 5.97 Å². The van der Waals surface area contributed by atoms with E-state index in [4.69, 9.17) is 16.3 Å². The van der Waals surface area contributed by atoms with Gasteiger partial charge in [-0.25, -0.2) is 4.79 Å². The molecule has 0 aliphatic carbocycles. The Hall–Kier alpha value is -2.68. The number of hydrogen-bond acceptors (Lipinski definition) is 6. The van der Waals surface area contributed by atoms with Crippen LogP contribution < -0.4 is 10.6 Å². The topological polar surface area (TPSA) is 128 Å². The number of nitrogens with one attached hydrogen (secondary N) is 2. The SMILES string of the molecule is CCCNC(=O)[C@H](C)NC(=O)COC(=O)c1cc([N+](=O)[O-])ccc1Cl. The van der Waals surface area contributed by atoms with Crippen LogP contribution in [0.1, 0.15) is 30.6 Å². The van der Waals surface area contributed by atoms with Gasteiger partial charge in [0, 0.05) is 18.7 Å². The predicted molar refractivity (Wildman–Crippen MR) is 89.3 cm³/mol. The van der Waals surface area contributed by atoms with Crippen molar-refractivity contribution < 1.29 is 24.0 Å². The Labute approximate surface area is 148 Å². The van der Waals surface area contributed by atoms with Crippen LogP contribution in [0, 0.1) is 10.1 Å². The fourth-order valence-corrected chi connectivity index (χ4v) is 1.94. The molecule has 0 fully saturated rings. The number of nitro groups is 1. The van der Waals surface area contributed by atoms with Crippen LogP contribution in [0.3, 0.4) is 0 Å². The lowest BCUT2D eigenvalue weighted by Gasteiger charge is -2.14. The number of carbonyl (C=O) groups excluding carboxylic acids is 3. The van der Waals surface area contributed by atoms with Crippen LogP contribution in [-0.2, 0) is 14.3 Å². The van der Waals surface area contributed by atoms with Crippen molar-refractivity contribution >= 4 is 35.1 Å².